The molecule has 1 atom stereocenters. The Bertz CT molecular complexity index is 401. The first-order valence-electron chi connectivity index (χ1n) is 7.47. The van der Waals surface area contributed by atoms with Crippen LogP contribution < -0.4 is 5.32 Å². The lowest BCUT2D eigenvalue weighted by molar-refractivity contribution is 0.0609. The molecule has 112 valence electrons. The van der Waals surface area contributed by atoms with Crippen molar-refractivity contribution in [2.75, 3.05) is 13.2 Å². The molecule has 0 aromatic heterocycles. The molecule has 1 aliphatic carbocycles. The summed E-state index contributed by atoms with van der Waals surface area (Å²) in [5, 5.41) is 23.0. The van der Waals surface area contributed by atoms with E-state index in [0.29, 0.717) is 0 Å². The van der Waals surface area contributed by atoms with E-state index in [0.717, 1.165) is 50.6 Å². The highest BCUT2D eigenvalue weighted by Crippen LogP contribution is 2.39. The smallest absolute Gasteiger partial charge is 0.123 e. The summed E-state index contributed by atoms with van der Waals surface area (Å²) in [6.45, 7) is 0.994. The SMILES string of the molecule is OCCCCNC1(C(O)c2ccc(F)cc2)CCCC1. The fourth-order valence-electron chi connectivity index (χ4n) is 3.09. The van der Waals surface area contributed by atoms with Gasteiger partial charge in [-0.25, -0.2) is 4.39 Å². The van der Waals surface area contributed by atoms with Gasteiger partial charge in [0.1, 0.15) is 5.82 Å². The molecule has 1 unspecified atom stereocenters. The minimum atomic E-state index is -0.611. The van der Waals surface area contributed by atoms with Crippen LogP contribution in [0.25, 0.3) is 0 Å². The van der Waals surface area contributed by atoms with Crippen molar-refractivity contribution in [2.24, 2.45) is 0 Å². The van der Waals surface area contributed by atoms with E-state index in [1.54, 1.807) is 12.1 Å². The zero-order valence-corrected chi connectivity index (χ0v) is 11.8. The lowest BCUT2D eigenvalue weighted by Gasteiger charge is -2.36. The molecule has 0 bridgehead atoms. The van der Waals surface area contributed by atoms with Crippen molar-refractivity contribution >= 4 is 0 Å². The molecule has 4 heteroatoms. The molecule has 1 aromatic carbocycles. The van der Waals surface area contributed by atoms with Crippen molar-refractivity contribution < 1.29 is 14.6 Å². The van der Waals surface area contributed by atoms with Gasteiger partial charge in [0.2, 0.25) is 0 Å². The number of aliphatic hydroxyl groups excluding tert-OH is 2. The molecule has 0 spiro atoms. The maximum atomic E-state index is 13.0. The standard InChI is InChI=1S/C16H24FNO2/c17-14-7-5-13(6-8-14)15(20)16(9-1-2-10-16)18-11-3-4-12-19/h5-8,15,18-20H,1-4,9-12H2. The third-order valence-electron chi connectivity index (χ3n) is 4.27. The van der Waals surface area contributed by atoms with Crippen LogP contribution in [0.3, 0.4) is 0 Å². The Balaban J connectivity index is 2.04. The van der Waals surface area contributed by atoms with Crippen molar-refractivity contribution in [3.63, 3.8) is 0 Å². The molecule has 1 fully saturated rings. The molecule has 0 saturated heterocycles. The predicted molar refractivity (Wildman–Crippen MR) is 76.9 cm³/mol. The van der Waals surface area contributed by atoms with Crippen LogP contribution in [0.2, 0.25) is 0 Å². The summed E-state index contributed by atoms with van der Waals surface area (Å²) in [5.74, 6) is -0.280. The molecule has 1 aliphatic rings. The third-order valence-corrected chi connectivity index (χ3v) is 4.27. The molecule has 3 N–H and O–H groups in total. The Morgan fingerprint density at radius 2 is 1.80 bits per heavy atom. The number of benzene rings is 1. The van der Waals surface area contributed by atoms with Gasteiger partial charge < -0.3 is 15.5 Å². The third kappa shape index (κ3) is 3.57. The largest absolute Gasteiger partial charge is 0.396 e. The van der Waals surface area contributed by atoms with E-state index in [1.807, 2.05) is 0 Å². The van der Waals surface area contributed by atoms with E-state index in [1.165, 1.54) is 12.1 Å². The van der Waals surface area contributed by atoms with E-state index >= 15 is 0 Å². The molecule has 1 saturated carbocycles. The summed E-state index contributed by atoms with van der Waals surface area (Å²) in [4.78, 5) is 0. The van der Waals surface area contributed by atoms with Crippen LogP contribution in [0.4, 0.5) is 4.39 Å². The fraction of sp³-hybridized carbons (Fsp3) is 0.625. The first-order valence-corrected chi connectivity index (χ1v) is 7.47. The Hall–Kier alpha value is -0.970. The predicted octanol–water partition coefficient (Wildman–Crippen LogP) is 2.53. The van der Waals surface area contributed by atoms with Gasteiger partial charge in [0.15, 0.2) is 0 Å². The molecule has 0 aliphatic heterocycles. The van der Waals surface area contributed by atoms with Gasteiger partial charge >= 0.3 is 0 Å². The van der Waals surface area contributed by atoms with Crippen molar-refractivity contribution in [2.45, 2.75) is 50.2 Å². The van der Waals surface area contributed by atoms with Crippen LogP contribution in [0.1, 0.15) is 50.2 Å². The molecule has 0 amide bonds. The molecular weight excluding hydrogens is 257 g/mol. The highest BCUT2D eigenvalue weighted by atomic mass is 19.1. The van der Waals surface area contributed by atoms with Gasteiger partial charge in [-0.1, -0.05) is 25.0 Å². The van der Waals surface area contributed by atoms with Gasteiger partial charge in [-0.2, -0.15) is 0 Å². The first kappa shape index (κ1) is 15.4. The van der Waals surface area contributed by atoms with Crippen molar-refractivity contribution in [1.29, 1.82) is 0 Å². The van der Waals surface area contributed by atoms with Crippen molar-refractivity contribution in [1.82, 2.24) is 5.32 Å². The zero-order chi connectivity index (χ0) is 14.4. The topological polar surface area (TPSA) is 52.5 Å². The summed E-state index contributed by atoms with van der Waals surface area (Å²) in [6.07, 6.45) is 5.13. The second-order valence-electron chi connectivity index (χ2n) is 5.67. The zero-order valence-electron chi connectivity index (χ0n) is 11.8. The Morgan fingerprint density at radius 1 is 1.15 bits per heavy atom. The molecular formula is C16H24FNO2. The number of aliphatic hydroxyl groups is 2. The van der Waals surface area contributed by atoms with Gasteiger partial charge in [-0.05, 0) is 49.9 Å². The number of hydrogen-bond donors (Lipinski definition) is 3. The monoisotopic (exact) mass is 281 g/mol. The van der Waals surface area contributed by atoms with Crippen LogP contribution in [0.5, 0.6) is 0 Å². The number of halogens is 1. The van der Waals surface area contributed by atoms with Gasteiger partial charge in [0, 0.05) is 12.1 Å². The average Bonchev–Trinajstić information content (AvgIpc) is 2.94. The van der Waals surface area contributed by atoms with Crippen LogP contribution in [0.15, 0.2) is 24.3 Å². The highest BCUT2D eigenvalue weighted by Gasteiger charge is 2.40. The molecule has 2 rings (SSSR count). The molecule has 1 aromatic rings. The van der Waals surface area contributed by atoms with Gasteiger partial charge in [0.25, 0.3) is 0 Å². The van der Waals surface area contributed by atoms with E-state index < -0.39 is 6.10 Å². The maximum Gasteiger partial charge on any atom is 0.123 e. The van der Waals surface area contributed by atoms with Gasteiger partial charge in [-0.3, -0.25) is 0 Å². The summed E-state index contributed by atoms with van der Waals surface area (Å²) in [5.41, 5.74) is 0.468. The van der Waals surface area contributed by atoms with Gasteiger partial charge in [0.05, 0.1) is 6.10 Å². The number of rotatable bonds is 7. The molecule has 20 heavy (non-hydrogen) atoms. The maximum absolute atomic E-state index is 13.0. The lowest BCUT2D eigenvalue weighted by Crippen LogP contribution is -2.48. The van der Waals surface area contributed by atoms with Gasteiger partial charge in [-0.15, -0.1) is 0 Å². The van der Waals surface area contributed by atoms with Crippen LogP contribution in [-0.2, 0) is 0 Å². The van der Waals surface area contributed by atoms with Crippen LogP contribution >= 0.6 is 0 Å². The highest BCUT2D eigenvalue weighted by molar-refractivity contribution is 5.23. The number of unbranched alkanes of at least 4 members (excludes halogenated alkanes) is 1. The Kier molecular flexibility index (Phi) is 5.52. The van der Waals surface area contributed by atoms with E-state index in [-0.39, 0.29) is 18.0 Å². The Morgan fingerprint density at radius 3 is 2.40 bits per heavy atom. The van der Waals surface area contributed by atoms with Crippen LogP contribution in [-0.4, -0.2) is 28.9 Å². The van der Waals surface area contributed by atoms with Crippen molar-refractivity contribution in [3.8, 4) is 0 Å². The quantitative estimate of drug-likeness (QED) is 0.673. The van der Waals surface area contributed by atoms with Crippen LogP contribution in [0, 0.1) is 5.82 Å². The second-order valence-corrected chi connectivity index (χ2v) is 5.67. The minimum Gasteiger partial charge on any atom is -0.396 e. The minimum absolute atomic E-state index is 0.204. The fourth-order valence-corrected chi connectivity index (χ4v) is 3.09. The van der Waals surface area contributed by atoms with E-state index in [9.17, 15) is 9.50 Å². The molecule has 3 nitrogen and oxygen atoms in total. The Labute approximate surface area is 119 Å². The lowest BCUT2D eigenvalue weighted by atomic mass is 9.85. The van der Waals surface area contributed by atoms with E-state index in [2.05, 4.69) is 5.32 Å². The average molecular weight is 281 g/mol. The van der Waals surface area contributed by atoms with Crippen molar-refractivity contribution in [3.05, 3.63) is 35.6 Å². The number of hydrogen-bond acceptors (Lipinski definition) is 3. The second kappa shape index (κ2) is 7.16. The molecule has 0 heterocycles. The number of nitrogens with one attached hydrogen (secondary N) is 1. The first-order chi connectivity index (χ1) is 9.68. The summed E-state index contributed by atoms with van der Waals surface area (Å²) < 4.78 is 13.0. The van der Waals surface area contributed by atoms with E-state index in [4.69, 9.17) is 5.11 Å². The summed E-state index contributed by atoms with van der Waals surface area (Å²) in [6, 6.07) is 6.12. The molecule has 0 radical (unpaired) electrons. The summed E-state index contributed by atoms with van der Waals surface area (Å²) >= 11 is 0. The summed E-state index contributed by atoms with van der Waals surface area (Å²) in [7, 11) is 0. The normalized spacial score (nSPS) is 19.1.